The number of nitrogens with one attached hydrogen (secondary N) is 1. The number of rotatable bonds is 6. The van der Waals surface area contributed by atoms with Crippen LogP contribution in [0.15, 0.2) is 48.5 Å². The number of hydrogen-bond acceptors (Lipinski definition) is 4. The summed E-state index contributed by atoms with van der Waals surface area (Å²) in [6, 6.07) is 12.4. The highest BCUT2D eigenvalue weighted by Crippen LogP contribution is 2.22. The third kappa shape index (κ3) is 5.65. The molecule has 0 spiro atoms. The number of anilines is 1. The van der Waals surface area contributed by atoms with Gasteiger partial charge in [0.15, 0.2) is 6.61 Å². The first kappa shape index (κ1) is 18.5. The molecule has 1 N–H and O–H groups in total. The predicted molar refractivity (Wildman–Crippen MR) is 97.8 cm³/mol. The van der Waals surface area contributed by atoms with Gasteiger partial charge in [0.2, 0.25) is 0 Å². The van der Waals surface area contributed by atoms with Crippen LogP contribution in [0.2, 0.25) is 5.02 Å². The highest BCUT2D eigenvalue weighted by molar-refractivity contribution is 6.31. The van der Waals surface area contributed by atoms with E-state index in [9.17, 15) is 9.59 Å². The first-order valence-electron chi connectivity index (χ1n) is 7.53. The van der Waals surface area contributed by atoms with Crippen molar-refractivity contribution >= 4 is 35.2 Å². The lowest BCUT2D eigenvalue weighted by molar-refractivity contribution is -0.142. The zero-order valence-electron chi connectivity index (χ0n) is 13.9. The summed E-state index contributed by atoms with van der Waals surface area (Å²) in [6.45, 7) is 1.42. The molecule has 0 unspecified atom stereocenters. The summed E-state index contributed by atoms with van der Waals surface area (Å²) >= 11 is 5.99. The fraction of sp³-hybridized carbons (Fsp3) is 0.158. The van der Waals surface area contributed by atoms with Crippen molar-refractivity contribution in [2.24, 2.45) is 0 Å². The molecule has 0 aromatic heterocycles. The maximum absolute atomic E-state index is 11.9. The van der Waals surface area contributed by atoms with Gasteiger partial charge in [-0.1, -0.05) is 29.8 Å². The molecular weight excluding hydrogens is 342 g/mol. The Hall–Kier alpha value is -2.79. The third-order valence-electron chi connectivity index (χ3n) is 3.41. The fourth-order valence-corrected chi connectivity index (χ4v) is 2.17. The monoisotopic (exact) mass is 359 g/mol. The van der Waals surface area contributed by atoms with E-state index in [-0.39, 0.29) is 6.61 Å². The highest BCUT2D eigenvalue weighted by Gasteiger charge is 2.08. The minimum absolute atomic E-state index is 0.377. The first-order chi connectivity index (χ1) is 12.0. The minimum Gasteiger partial charge on any atom is -0.497 e. The van der Waals surface area contributed by atoms with Gasteiger partial charge in [-0.15, -0.1) is 0 Å². The average molecular weight is 360 g/mol. The Labute approximate surface area is 151 Å². The summed E-state index contributed by atoms with van der Waals surface area (Å²) < 4.78 is 9.97. The third-order valence-corrected chi connectivity index (χ3v) is 3.82. The molecule has 130 valence electrons. The van der Waals surface area contributed by atoms with Gasteiger partial charge in [-0.05, 0) is 48.4 Å². The zero-order chi connectivity index (χ0) is 18.2. The van der Waals surface area contributed by atoms with Crippen LogP contribution in [0.5, 0.6) is 5.75 Å². The summed E-state index contributed by atoms with van der Waals surface area (Å²) in [5.41, 5.74) is 2.15. The number of carbonyl (C=O) groups excluding carboxylic acids is 2. The molecule has 0 radical (unpaired) electrons. The number of ether oxygens (including phenoxy) is 2. The minimum atomic E-state index is -0.603. The number of amides is 1. The molecule has 0 aliphatic carbocycles. The van der Waals surface area contributed by atoms with E-state index in [1.807, 2.05) is 0 Å². The first-order valence-corrected chi connectivity index (χ1v) is 7.91. The number of halogens is 1. The zero-order valence-corrected chi connectivity index (χ0v) is 14.7. The number of esters is 1. The smallest absolute Gasteiger partial charge is 0.331 e. The lowest BCUT2D eigenvalue weighted by Crippen LogP contribution is -2.20. The van der Waals surface area contributed by atoms with Crippen LogP contribution in [0.3, 0.4) is 0 Å². The van der Waals surface area contributed by atoms with Crippen molar-refractivity contribution in [3.8, 4) is 5.75 Å². The topological polar surface area (TPSA) is 64.6 Å². The van der Waals surface area contributed by atoms with Crippen LogP contribution in [0.1, 0.15) is 11.1 Å². The Morgan fingerprint density at radius 3 is 2.56 bits per heavy atom. The summed E-state index contributed by atoms with van der Waals surface area (Å²) in [5, 5.41) is 3.21. The van der Waals surface area contributed by atoms with Crippen LogP contribution >= 0.6 is 11.6 Å². The van der Waals surface area contributed by atoms with Crippen LogP contribution < -0.4 is 10.1 Å². The van der Waals surface area contributed by atoms with Gasteiger partial charge >= 0.3 is 5.97 Å². The van der Waals surface area contributed by atoms with Crippen LogP contribution in [0.25, 0.3) is 6.08 Å². The Morgan fingerprint density at radius 1 is 1.16 bits per heavy atom. The molecule has 0 aliphatic rings. The van der Waals surface area contributed by atoms with E-state index in [0.29, 0.717) is 10.7 Å². The second-order valence-electron chi connectivity index (χ2n) is 5.17. The molecule has 25 heavy (non-hydrogen) atoms. The van der Waals surface area contributed by atoms with Crippen LogP contribution in [-0.2, 0) is 14.3 Å². The van der Waals surface area contributed by atoms with Crippen LogP contribution in [0, 0.1) is 6.92 Å². The summed E-state index contributed by atoms with van der Waals surface area (Å²) in [5.74, 6) is -0.307. The van der Waals surface area contributed by atoms with Gasteiger partial charge in [0, 0.05) is 16.8 Å². The highest BCUT2D eigenvalue weighted by atomic mass is 35.5. The molecule has 2 rings (SSSR count). The van der Waals surface area contributed by atoms with E-state index >= 15 is 0 Å². The Bertz CT molecular complexity index is 785. The second kappa shape index (κ2) is 8.89. The van der Waals surface area contributed by atoms with E-state index in [1.165, 1.54) is 6.08 Å². The quantitative estimate of drug-likeness (QED) is 0.628. The largest absolute Gasteiger partial charge is 0.497 e. The summed E-state index contributed by atoms with van der Waals surface area (Å²) in [4.78, 5) is 23.5. The molecule has 5 nitrogen and oxygen atoms in total. The maximum Gasteiger partial charge on any atom is 0.331 e. The van der Waals surface area contributed by atoms with Crippen molar-refractivity contribution in [3.05, 3.63) is 64.7 Å². The van der Waals surface area contributed by atoms with E-state index in [2.05, 4.69) is 5.32 Å². The van der Waals surface area contributed by atoms with Crippen molar-refractivity contribution in [1.82, 2.24) is 0 Å². The Morgan fingerprint density at radius 2 is 1.88 bits per heavy atom. The molecule has 0 aliphatic heterocycles. The van der Waals surface area contributed by atoms with Gasteiger partial charge in [0.1, 0.15) is 5.75 Å². The number of carbonyl (C=O) groups is 2. The molecule has 0 saturated carbocycles. The summed E-state index contributed by atoms with van der Waals surface area (Å²) in [7, 11) is 1.58. The number of hydrogen-bond donors (Lipinski definition) is 1. The van der Waals surface area contributed by atoms with E-state index in [1.54, 1.807) is 62.6 Å². The summed E-state index contributed by atoms with van der Waals surface area (Å²) in [6.07, 6.45) is 2.86. The Balaban J connectivity index is 1.83. The van der Waals surface area contributed by atoms with E-state index in [0.717, 1.165) is 16.9 Å². The fourth-order valence-electron chi connectivity index (χ4n) is 1.99. The number of methoxy groups -OCH3 is 1. The van der Waals surface area contributed by atoms with Crippen LogP contribution in [0.4, 0.5) is 5.69 Å². The van der Waals surface area contributed by atoms with Crippen molar-refractivity contribution in [2.45, 2.75) is 6.92 Å². The van der Waals surface area contributed by atoms with Gasteiger partial charge in [0.25, 0.3) is 5.91 Å². The van der Waals surface area contributed by atoms with Crippen molar-refractivity contribution in [1.29, 1.82) is 0 Å². The number of benzene rings is 2. The molecular formula is C19H18ClNO4. The van der Waals surface area contributed by atoms with Gasteiger partial charge in [-0.2, -0.15) is 0 Å². The van der Waals surface area contributed by atoms with Gasteiger partial charge in [-0.3, -0.25) is 4.79 Å². The molecule has 0 bridgehead atoms. The SMILES string of the molecule is COc1ccc(/C=C/C(=O)OCC(=O)Nc2cccc(Cl)c2C)cc1. The maximum atomic E-state index is 11.9. The van der Waals surface area contributed by atoms with Crippen molar-refractivity contribution in [3.63, 3.8) is 0 Å². The van der Waals surface area contributed by atoms with Gasteiger partial charge < -0.3 is 14.8 Å². The lowest BCUT2D eigenvalue weighted by atomic mass is 10.2. The standard InChI is InChI=1S/C19H18ClNO4/c1-13-16(20)4-3-5-17(13)21-18(22)12-25-19(23)11-8-14-6-9-15(24-2)10-7-14/h3-11H,12H2,1-2H3,(H,21,22)/b11-8+. The molecule has 0 saturated heterocycles. The average Bonchev–Trinajstić information content (AvgIpc) is 2.62. The van der Waals surface area contributed by atoms with Gasteiger partial charge in [0.05, 0.1) is 7.11 Å². The molecule has 1 amide bonds. The predicted octanol–water partition coefficient (Wildman–Crippen LogP) is 3.85. The second-order valence-corrected chi connectivity index (χ2v) is 5.58. The van der Waals surface area contributed by atoms with Crippen LogP contribution in [-0.4, -0.2) is 25.6 Å². The molecule has 2 aromatic rings. The molecule has 0 heterocycles. The van der Waals surface area contributed by atoms with Gasteiger partial charge in [-0.25, -0.2) is 4.79 Å². The molecule has 0 fully saturated rings. The normalized spacial score (nSPS) is 10.5. The molecule has 0 atom stereocenters. The Kier molecular flexibility index (Phi) is 6.60. The molecule has 2 aromatic carbocycles. The lowest BCUT2D eigenvalue weighted by Gasteiger charge is -2.09. The van der Waals surface area contributed by atoms with Crippen molar-refractivity contribution in [2.75, 3.05) is 19.0 Å². The van der Waals surface area contributed by atoms with E-state index < -0.39 is 11.9 Å². The molecule has 6 heteroatoms. The van der Waals surface area contributed by atoms with Crippen molar-refractivity contribution < 1.29 is 19.1 Å². The van der Waals surface area contributed by atoms with E-state index in [4.69, 9.17) is 21.1 Å².